The van der Waals surface area contributed by atoms with Crippen LogP contribution in [0.5, 0.6) is 5.75 Å². The second-order valence-corrected chi connectivity index (χ2v) is 16.7. The van der Waals surface area contributed by atoms with Crippen LogP contribution in [0.1, 0.15) is 52.1 Å². The minimum absolute atomic E-state index is 0.278. The molecule has 63 heavy (non-hydrogen) atoms. The Hall–Kier alpha value is -6.14. The van der Waals surface area contributed by atoms with Crippen molar-refractivity contribution in [1.82, 2.24) is 14.6 Å². The average molecular weight is 902 g/mol. The summed E-state index contributed by atoms with van der Waals surface area (Å²) in [5, 5.41) is 8.89. The molecule has 1 aliphatic rings. The summed E-state index contributed by atoms with van der Waals surface area (Å²) in [6.07, 6.45) is -0.0970. The number of ether oxygens (including phenoxy) is 5. The van der Waals surface area contributed by atoms with Crippen LogP contribution in [0.4, 0.5) is 5.82 Å². The van der Waals surface area contributed by atoms with Gasteiger partial charge in [0, 0.05) is 4.47 Å². The van der Waals surface area contributed by atoms with E-state index in [9.17, 15) is 0 Å². The maximum Gasteiger partial charge on any atom is 0.156 e. The number of fused-ring (bicyclic) bond motifs is 1. The van der Waals surface area contributed by atoms with Gasteiger partial charge in [-0.15, -0.1) is 0 Å². The van der Waals surface area contributed by atoms with Gasteiger partial charge in [-0.1, -0.05) is 164 Å². The molecule has 0 bridgehead atoms. The summed E-state index contributed by atoms with van der Waals surface area (Å²) in [5.41, 5.74) is 5.81. The highest BCUT2D eigenvalue weighted by Crippen LogP contribution is 2.49. The van der Waals surface area contributed by atoms with E-state index in [2.05, 4.69) is 131 Å². The van der Waals surface area contributed by atoms with E-state index in [-0.39, 0.29) is 6.61 Å². The van der Waals surface area contributed by atoms with Gasteiger partial charge in [0.1, 0.15) is 47.0 Å². The molecule has 2 aromatic heterocycles. The van der Waals surface area contributed by atoms with Crippen LogP contribution in [-0.2, 0) is 44.3 Å². The predicted molar refractivity (Wildman–Crippen MR) is 248 cm³/mol. The van der Waals surface area contributed by atoms with Crippen molar-refractivity contribution in [1.29, 1.82) is 0 Å². The number of nitrogens with zero attached hydrogens (tertiary/aromatic N) is 3. The molecular weight excluding hydrogens is 853 g/mol. The Bertz CT molecular complexity index is 2650. The molecule has 9 nitrogen and oxygen atoms in total. The number of methoxy groups -OCH3 is 1. The van der Waals surface area contributed by atoms with Crippen LogP contribution in [0.3, 0.4) is 0 Å². The smallest absolute Gasteiger partial charge is 0.156 e. The Labute approximate surface area is 376 Å². The van der Waals surface area contributed by atoms with Crippen LogP contribution in [0.2, 0.25) is 0 Å². The fourth-order valence-electron chi connectivity index (χ4n) is 8.67. The number of hydrogen-bond acceptors (Lipinski definition) is 8. The lowest BCUT2D eigenvalue weighted by atomic mass is 9.77. The maximum atomic E-state index is 7.17. The number of nitrogens with one attached hydrogen (secondary N) is 1. The van der Waals surface area contributed by atoms with Crippen LogP contribution in [0.25, 0.3) is 5.52 Å². The third-order valence-electron chi connectivity index (χ3n) is 11.8. The second kappa shape index (κ2) is 19.1. The number of rotatable bonds is 17. The molecule has 1 aliphatic heterocycles. The van der Waals surface area contributed by atoms with Crippen LogP contribution >= 0.6 is 15.9 Å². The first kappa shape index (κ1) is 42.2. The molecule has 1 N–H and O–H groups in total. The molecule has 3 heterocycles. The van der Waals surface area contributed by atoms with E-state index in [1.807, 2.05) is 83.4 Å². The van der Waals surface area contributed by atoms with Crippen molar-refractivity contribution in [2.24, 2.45) is 0 Å². The van der Waals surface area contributed by atoms with Crippen molar-refractivity contribution < 1.29 is 23.7 Å². The Morgan fingerprint density at radius 2 is 1.21 bits per heavy atom. The standard InChI is InChI=1S/C53H49BrN4O5/c1-52(62-35-40-22-12-5-13-23-40)49(63-47(36-60-33-38-18-8-3-9-19-38)50(52)61-34-39-20-10-4-11-21-39)46-32-45(54)48-51(55-37-56-58(46)48)57-53(41-24-14-6-15-25-41,42-26-16-7-17-27-42)43-28-30-44(59-2)31-29-43/h3-32,37,47,49-50H,33-36H2,1-2H3,(H,55,56,57)/t47-,49+,50-,52+/m1/s1. The van der Waals surface area contributed by atoms with E-state index in [1.165, 1.54) is 0 Å². The monoisotopic (exact) mass is 900 g/mol. The molecule has 0 spiro atoms. The number of hydrogen-bond donors (Lipinski definition) is 1. The van der Waals surface area contributed by atoms with E-state index < -0.39 is 29.5 Å². The van der Waals surface area contributed by atoms with Gasteiger partial charge in [-0.2, -0.15) is 5.10 Å². The van der Waals surface area contributed by atoms with Crippen molar-refractivity contribution in [3.8, 4) is 5.75 Å². The summed E-state index contributed by atoms with van der Waals surface area (Å²) >= 11 is 3.97. The van der Waals surface area contributed by atoms with Gasteiger partial charge in [0.2, 0.25) is 0 Å². The van der Waals surface area contributed by atoms with Gasteiger partial charge < -0.3 is 29.0 Å². The molecule has 10 heteroatoms. The van der Waals surface area contributed by atoms with Crippen molar-refractivity contribution in [2.75, 3.05) is 19.0 Å². The van der Waals surface area contributed by atoms with Gasteiger partial charge in [-0.25, -0.2) is 9.50 Å². The average Bonchev–Trinajstić information content (AvgIpc) is 3.83. The predicted octanol–water partition coefficient (Wildman–Crippen LogP) is 11.1. The number of halogens is 1. The molecule has 0 aliphatic carbocycles. The van der Waals surface area contributed by atoms with E-state index in [1.54, 1.807) is 13.4 Å². The lowest BCUT2D eigenvalue weighted by Crippen LogP contribution is -2.47. The molecule has 1 saturated heterocycles. The summed E-state index contributed by atoms with van der Waals surface area (Å²) < 4.78 is 35.9. The normalized spacial score (nSPS) is 18.7. The highest BCUT2D eigenvalue weighted by Gasteiger charge is 2.57. The van der Waals surface area contributed by atoms with Crippen LogP contribution in [-0.4, -0.2) is 46.1 Å². The van der Waals surface area contributed by atoms with Crippen LogP contribution in [0, 0.1) is 0 Å². The quantitative estimate of drug-likeness (QED) is 0.0904. The largest absolute Gasteiger partial charge is 0.497 e. The Morgan fingerprint density at radius 3 is 1.78 bits per heavy atom. The summed E-state index contributed by atoms with van der Waals surface area (Å²) in [7, 11) is 1.68. The first-order valence-electron chi connectivity index (χ1n) is 21.1. The van der Waals surface area contributed by atoms with Gasteiger partial charge >= 0.3 is 0 Å². The number of aromatic nitrogens is 3. The lowest BCUT2D eigenvalue weighted by molar-refractivity contribution is -0.148. The summed E-state index contributed by atoms with van der Waals surface area (Å²) in [6, 6.07) is 61.6. The first-order chi connectivity index (χ1) is 31.0. The van der Waals surface area contributed by atoms with Crippen molar-refractivity contribution in [3.05, 3.63) is 232 Å². The van der Waals surface area contributed by atoms with E-state index in [0.717, 1.165) is 54.8 Å². The lowest BCUT2D eigenvalue weighted by Gasteiger charge is -2.37. The Kier molecular flexibility index (Phi) is 12.8. The molecule has 0 amide bonds. The molecular formula is C53H49BrN4O5. The highest BCUT2D eigenvalue weighted by atomic mass is 79.9. The molecule has 4 atom stereocenters. The summed E-state index contributed by atoms with van der Waals surface area (Å²) in [5.74, 6) is 1.37. The summed E-state index contributed by atoms with van der Waals surface area (Å²) in [6.45, 7) is 3.49. The molecule has 0 saturated carbocycles. The van der Waals surface area contributed by atoms with E-state index >= 15 is 0 Å². The highest BCUT2D eigenvalue weighted by molar-refractivity contribution is 9.10. The van der Waals surface area contributed by atoms with Crippen LogP contribution < -0.4 is 10.1 Å². The maximum absolute atomic E-state index is 7.17. The zero-order chi connectivity index (χ0) is 43.1. The third-order valence-corrected chi connectivity index (χ3v) is 12.4. The molecule has 0 radical (unpaired) electrons. The van der Waals surface area contributed by atoms with Crippen LogP contribution in [0.15, 0.2) is 193 Å². The molecule has 318 valence electrons. The minimum atomic E-state index is -1.02. The topological polar surface area (TPSA) is 88.4 Å². The Morgan fingerprint density at radius 1 is 0.683 bits per heavy atom. The summed E-state index contributed by atoms with van der Waals surface area (Å²) in [4.78, 5) is 4.96. The fourth-order valence-corrected chi connectivity index (χ4v) is 9.26. The number of anilines is 1. The van der Waals surface area contributed by atoms with Crippen molar-refractivity contribution in [2.45, 2.75) is 56.2 Å². The Balaban J connectivity index is 1.15. The zero-order valence-electron chi connectivity index (χ0n) is 35.2. The SMILES string of the molecule is COc1ccc(C(Nc2ncnn3c([C@@H]4O[C@H](COCc5ccccc5)[C@@H](OCc5ccccc5)[C@@]4(C)OCc4ccccc4)cc(Br)c23)(c2ccccc2)c2ccccc2)cc1. The van der Waals surface area contributed by atoms with Gasteiger partial charge in [0.25, 0.3) is 0 Å². The zero-order valence-corrected chi connectivity index (χ0v) is 36.8. The fraction of sp³-hybridized carbons (Fsp3) is 0.208. The van der Waals surface area contributed by atoms with Crippen molar-refractivity contribution in [3.63, 3.8) is 0 Å². The molecule has 1 fully saturated rings. The van der Waals surface area contributed by atoms with Gasteiger partial charge in [-0.05, 0) is 74.4 Å². The van der Waals surface area contributed by atoms with Crippen molar-refractivity contribution >= 4 is 27.3 Å². The van der Waals surface area contributed by atoms with Gasteiger partial charge in [0.15, 0.2) is 5.82 Å². The third kappa shape index (κ3) is 8.78. The molecule has 6 aromatic carbocycles. The van der Waals surface area contributed by atoms with Gasteiger partial charge in [-0.3, -0.25) is 0 Å². The van der Waals surface area contributed by atoms with Gasteiger partial charge in [0.05, 0.1) is 39.2 Å². The molecule has 8 aromatic rings. The molecule has 9 rings (SSSR count). The first-order valence-corrected chi connectivity index (χ1v) is 21.9. The molecule has 0 unspecified atom stereocenters. The number of benzene rings is 6. The van der Waals surface area contributed by atoms with E-state index in [0.29, 0.717) is 25.6 Å². The minimum Gasteiger partial charge on any atom is -0.497 e. The second-order valence-electron chi connectivity index (χ2n) is 15.9. The van der Waals surface area contributed by atoms with E-state index in [4.69, 9.17) is 33.8 Å².